The maximum Gasteiger partial charge on any atom is 0.343 e. The number of rotatable bonds is 8. The molecule has 4 rings (SSSR count). The number of hydrogen-bond donors (Lipinski definition) is 0. The van der Waals surface area contributed by atoms with Crippen molar-refractivity contribution in [3.63, 3.8) is 0 Å². The molecule has 0 bridgehead atoms. The second-order valence-electron chi connectivity index (χ2n) is 9.69. The van der Waals surface area contributed by atoms with Gasteiger partial charge in [-0.3, -0.25) is 0 Å². The van der Waals surface area contributed by atoms with Gasteiger partial charge in [0.05, 0.1) is 5.56 Å². The predicted molar refractivity (Wildman–Crippen MR) is 129 cm³/mol. The third-order valence-electron chi connectivity index (χ3n) is 7.50. The number of hydrogen-bond acceptors (Lipinski definition) is 3. The predicted octanol–water partition coefficient (Wildman–Crippen LogP) is 7.71. The van der Waals surface area contributed by atoms with Crippen molar-refractivity contribution in [3.05, 3.63) is 72.1 Å². The summed E-state index contributed by atoms with van der Waals surface area (Å²) in [4.78, 5) is 12.5. The average molecular weight is 451 g/mol. The molecule has 4 heteroatoms. The van der Waals surface area contributed by atoms with E-state index in [-0.39, 0.29) is 17.3 Å². The minimum atomic E-state index is -0.557. The highest BCUT2D eigenvalue weighted by Gasteiger charge is 2.36. The zero-order valence-electron chi connectivity index (χ0n) is 19.6. The molecule has 0 saturated heterocycles. The van der Waals surface area contributed by atoms with Gasteiger partial charge in [-0.15, -0.1) is 0 Å². The monoisotopic (exact) mass is 450 g/mol. The molecule has 0 N–H and O–H groups in total. The zero-order chi connectivity index (χ0) is 23.2. The maximum atomic E-state index is 15.1. The van der Waals surface area contributed by atoms with Crippen molar-refractivity contribution in [2.24, 2.45) is 17.8 Å². The van der Waals surface area contributed by atoms with Gasteiger partial charge in [-0.25, -0.2) is 9.18 Å². The number of carbonyl (C=O) groups excluding carboxylic acids is 1. The molecule has 2 fully saturated rings. The van der Waals surface area contributed by atoms with E-state index < -0.39 is 5.97 Å². The van der Waals surface area contributed by atoms with Crippen molar-refractivity contribution in [2.45, 2.75) is 64.2 Å². The summed E-state index contributed by atoms with van der Waals surface area (Å²) in [6, 6.07) is 11.6. The van der Waals surface area contributed by atoms with Crippen LogP contribution >= 0.6 is 0 Å². The molecule has 0 spiro atoms. The van der Waals surface area contributed by atoms with Crippen LogP contribution in [0.5, 0.6) is 11.5 Å². The van der Waals surface area contributed by atoms with Crippen LogP contribution in [0.25, 0.3) is 0 Å². The normalized spacial score (nSPS) is 24.5. The van der Waals surface area contributed by atoms with Crippen molar-refractivity contribution in [2.75, 3.05) is 6.61 Å². The van der Waals surface area contributed by atoms with Crippen molar-refractivity contribution in [1.82, 2.24) is 0 Å². The molecule has 4 atom stereocenters. The molecule has 0 aromatic heterocycles. The van der Waals surface area contributed by atoms with Gasteiger partial charge >= 0.3 is 5.97 Å². The highest BCUT2D eigenvalue weighted by atomic mass is 19.1. The van der Waals surface area contributed by atoms with Crippen LogP contribution in [0, 0.1) is 23.6 Å². The number of carbonyl (C=O) groups is 1. The Morgan fingerprint density at radius 3 is 2.48 bits per heavy atom. The Morgan fingerprint density at radius 1 is 1.03 bits per heavy atom. The van der Waals surface area contributed by atoms with Gasteiger partial charge < -0.3 is 9.47 Å². The molecule has 0 amide bonds. The lowest BCUT2D eigenvalue weighted by Crippen LogP contribution is -2.30. The lowest BCUT2D eigenvalue weighted by atomic mass is 9.63. The fourth-order valence-electron chi connectivity index (χ4n) is 5.85. The van der Waals surface area contributed by atoms with Crippen molar-refractivity contribution >= 4 is 5.97 Å². The number of fused-ring (bicyclic) bond motifs is 1. The Hall–Kier alpha value is -2.62. The van der Waals surface area contributed by atoms with E-state index in [4.69, 9.17) is 9.47 Å². The summed E-state index contributed by atoms with van der Waals surface area (Å²) >= 11 is 0. The van der Waals surface area contributed by atoms with Gasteiger partial charge in [-0.2, -0.15) is 0 Å². The highest BCUT2D eigenvalue weighted by Crippen LogP contribution is 2.48. The number of halogens is 1. The molecule has 0 radical (unpaired) electrons. The highest BCUT2D eigenvalue weighted by molar-refractivity contribution is 5.91. The van der Waals surface area contributed by atoms with Gasteiger partial charge in [-0.1, -0.05) is 44.9 Å². The Kier molecular flexibility index (Phi) is 7.85. The maximum absolute atomic E-state index is 15.1. The van der Waals surface area contributed by atoms with Gasteiger partial charge in [0, 0.05) is 0 Å². The fourth-order valence-corrected chi connectivity index (χ4v) is 5.85. The molecule has 2 saturated carbocycles. The Bertz CT molecular complexity index is 952. The van der Waals surface area contributed by atoms with E-state index in [0.29, 0.717) is 18.1 Å². The summed E-state index contributed by atoms with van der Waals surface area (Å²) in [5.74, 6) is 2.90. The smallest absolute Gasteiger partial charge is 0.343 e. The topological polar surface area (TPSA) is 35.5 Å². The van der Waals surface area contributed by atoms with Crippen LogP contribution in [-0.2, 0) is 0 Å². The third kappa shape index (κ3) is 5.85. The van der Waals surface area contributed by atoms with Crippen LogP contribution in [0.1, 0.15) is 80.1 Å². The molecule has 2 aromatic carbocycles. The zero-order valence-corrected chi connectivity index (χ0v) is 19.6. The van der Waals surface area contributed by atoms with Crippen LogP contribution < -0.4 is 9.47 Å². The number of esters is 1. The second kappa shape index (κ2) is 11.0. The first-order valence-electron chi connectivity index (χ1n) is 12.4. The van der Waals surface area contributed by atoms with Gasteiger partial charge in [0.25, 0.3) is 0 Å². The summed E-state index contributed by atoms with van der Waals surface area (Å²) in [5.41, 5.74) is 0.987. The number of ether oxygens (including phenoxy) is 2. The molecule has 2 aliphatic rings. The molecular weight excluding hydrogens is 415 g/mol. The molecule has 0 heterocycles. The minimum Gasteiger partial charge on any atom is -0.490 e. The van der Waals surface area contributed by atoms with Crippen molar-refractivity contribution < 1.29 is 18.7 Å². The summed E-state index contributed by atoms with van der Waals surface area (Å²) < 4.78 is 25.9. The summed E-state index contributed by atoms with van der Waals surface area (Å²) in [6.45, 7) is 6.30. The Balaban J connectivity index is 1.36. The largest absolute Gasteiger partial charge is 0.490 e. The van der Waals surface area contributed by atoms with E-state index in [9.17, 15) is 4.79 Å². The van der Waals surface area contributed by atoms with Crippen LogP contribution in [0.3, 0.4) is 0 Å². The SMILES string of the molecule is C=CCOc1ccc(OC(=O)c2ccc(C3CCC4CC(CCC)CCC4C3)c(F)c2)cc1. The molecule has 2 aliphatic carbocycles. The second-order valence-corrected chi connectivity index (χ2v) is 9.69. The molecule has 3 nitrogen and oxygen atoms in total. The quantitative estimate of drug-likeness (QED) is 0.235. The number of benzene rings is 2. The lowest BCUT2D eigenvalue weighted by molar-refractivity contribution is 0.0734. The molecule has 176 valence electrons. The van der Waals surface area contributed by atoms with E-state index in [1.54, 1.807) is 42.5 Å². The van der Waals surface area contributed by atoms with Crippen molar-refractivity contribution in [3.8, 4) is 11.5 Å². The summed E-state index contributed by atoms with van der Waals surface area (Å²) in [7, 11) is 0. The van der Waals surface area contributed by atoms with Gasteiger partial charge in [0.2, 0.25) is 0 Å². The van der Waals surface area contributed by atoms with E-state index in [1.807, 2.05) is 0 Å². The van der Waals surface area contributed by atoms with Gasteiger partial charge in [-0.05, 0) is 97.7 Å². The van der Waals surface area contributed by atoms with E-state index in [2.05, 4.69) is 13.5 Å². The Morgan fingerprint density at radius 2 is 1.76 bits per heavy atom. The van der Waals surface area contributed by atoms with Crippen molar-refractivity contribution in [1.29, 1.82) is 0 Å². The molecular formula is C29H35FO3. The van der Waals surface area contributed by atoms with E-state index in [1.165, 1.54) is 44.6 Å². The van der Waals surface area contributed by atoms with E-state index in [0.717, 1.165) is 36.2 Å². The van der Waals surface area contributed by atoms with Crippen LogP contribution in [-0.4, -0.2) is 12.6 Å². The van der Waals surface area contributed by atoms with Crippen LogP contribution in [0.15, 0.2) is 55.1 Å². The Labute approximate surface area is 197 Å². The molecule has 0 aliphatic heterocycles. The van der Waals surface area contributed by atoms with Crippen LogP contribution in [0.2, 0.25) is 0 Å². The first-order valence-corrected chi connectivity index (χ1v) is 12.4. The average Bonchev–Trinajstić information content (AvgIpc) is 2.83. The van der Waals surface area contributed by atoms with Gasteiger partial charge in [0.1, 0.15) is 23.9 Å². The van der Waals surface area contributed by atoms with Gasteiger partial charge in [0.15, 0.2) is 0 Å². The summed E-state index contributed by atoms with van der Waals surface area (Å²) in [5, 5.41) is 0. The lowest BCUT2D eigenvalue weighted by Gasteiger charge is -2.42. The minimum absolute atomic E-state index is 0.233. The standard InChI is InChI=1S/C29H35FO3/c1-3-5-20-6-7-22-18-23(9-8-21(22)17-20)27-15-10-24(19-28(27)30)29(31)33-26-13-11-25(12-14-26)32-16-4-2/h4,10-15,19-23H,2-3,5-9,16-18H2,1H3. The molecule has 2 aromatic rings. The first-order chi connectivity index (χ1) is 16.1. The fraction of sp³-hybridized carbons (Fsp3) is 0.483. The van der Waals surface area contributed by atoms with Crippen LogP contribution in [0.4, 0.5) is 4.39 Å². The first kappa shape index (κ1) is 23.5. The summed E-state index contributed by atoms with van der Waals surface area (Å²) in [6.07, 6.45) is 11.6. The molecule has 4 unspecified atom stereocenters. The third-order valence-corrected chi connectivity index (χ3v) is 7.50. The molecule has 33 heavy (non-hydrogen) atoms. The van der Waals surface area contributed by atoms with E-state index >= 15 is 4.39 Å².